The first-order chi connectivity index (χ1) is 4.67. The minimum Gasteiger partial charge on any atom is -0.383 e. The van der Waals surface area contributed by atoms with Crippen molar-refractivity contribution in [1.82, 2.24) is 0 Å². The normalized spacial score (nSPS) is 34.1. The van der Waals surface area contributed by atoms with Crippen LogP contribution in [0.1, 0.15) is 12.8 Å². The summed E-state index contributed by atoms with van der Waals surface area (Å²) in [6.45, 7) is 0.488. The molecule has 1 fully saturated rings. The minimum atomic E-state index is -2.27. The number of hydrogen-bond acceptors (Lipinski definition) is 3. The second-order valence-electron chi connectivity index (χ2n) is 2.64. The summed E-state index contributed by atoms with van der Waals surface area (Å²) in [4.78, 5) is 0. The van der Waals surface area contributed by atoms with E-state index in [4.69, 9.17) is 4.74 Å². The summed E-state index contributed by atoms with van der Waals surface area (Å²) >= 11 is 0. The van der Waals surface area contributed by atoms with Crippen molar-refractivity contribution in [3.8, 4) is 0 Å². The maximum Gasteiger partial charge on any atom is 0.0719 e. The molecule has 2 N–H and O–H groups in total. The average Bonchev–Trinajstić information content (AvgIpc) is 2.13. The fourth-order valence-corrected chi connectivity index (χ4v) is 3.08. The Labute approximate surface area is 62.7 Å². The molecular weight excluding hydrogens is 152 g/mol. The van der Waals surface area contributed by atoms with Crippen molar-refractivity contribution in [2.24, 2.45) is 0 Å². The molecule has 1 unspecified atom stereocenters. The number of hydrogen-bond donors (Lipinski definition) is 2. The van der Waals surface area contributed by atoms with Crippen LogP contribution in [0.15, 0.2) is 0 Å². The Kier molecular flexibility index (Phi) is 2.57. The predicted molar refractivity (Wildman–Crippen MR) is 42.6 cm³/mol. The second kappa shape index (κ2) is 3.09. The van der Waals surface area contributed by atoms with Gasteiger partial charge in [-0.1, -0.05) is 0 Å². The topological polar surface area (TPSA) is 49.7 Å². The zero-order chi connectivity index (χ0) is 7.61. The van der Waals surface area contributed by atoms with Gasteiger partial charge in [-0.25, -0.2) is 0 Å². The highest BCUT2D eigenvalue weighted by molar-refractivity contribution is 8.25. The van der Waals surface area contributed by atoms with Crippen LogP contribution in [-0.2, 0) is 4.74 Å². The zero-order valence-electron chi connectivity index (χ0n) is 6.12. The van der Waals surface area contributed by atoms with Crippen LogP contribution in [0.4, 0.5) is 0 Å². The van der Waals surface area contributed by atoms with Crippen molar-refractivity contribution in [3.63, 3.8) is 0 Å². The summed E-state index contributed by atoms with van der Waals surface area (Å²) in [5.41, 5.74) is 0. The van der Waals surface area contributed by atoms with E-state index in [-0.39, 0.29) is 5.25 Å². The highest BCUT2D eigenvalue weighted by atomic mass is 32.3. The van der Waals surface area contributed by atoms with Gasteiger partial charge in [0.1, 0.15) is 0 Å². The first-order valence-electron chi connectivity index (χ1n) is 3.40. The predicted octanol–water partition coefficient (Wildman–Crippen LogP) is 1.55. The average molecular weight is 166 g/mol. The Hall–Kier alpha value is 0.230. The van der Waals surface area contributed by atoms with Gasteiger partial charge in [-0.15, -0.1) is 0 Å². The third kappa shape index (κ3) is 1.63. The van der Waals surface area contributed by atoms with Gasteiger partial charge in [0.15, 0.2) is 0 Å². The van der Waals surface area contributed by atoms with Crippen molar-refractivity contribution in [1.29, 1.82) is 0 Å². The number of ether oxygens (including phenoxy) is 1. The van der Waals surface area contributed by atoms with E-state index in [1.165, 1.54) is 0 Å². The van der Waals surface area contributed by atoms with Gasteiger partial charge >= 0.3 is 0 Å². The standard InChI is InChI=1S/C6H14O3S/c1-9-5-6-3-2-4-10(6,7)8/h6-8H,2-5H2,1H3. The van der Waals surface area contributed by atoms with Crippen LogP contribution in [-0.4, -0.2) is 33.8 Å². The van der Waals surface area contributed by atoms with Gasteiger partial charge in [0, 0.05) is 12.9 Å². The van der Waals surface area contributed by atoms with E-state index in [1.807, 2.05) is 0 Å². The fraction of sp³-hybridized carbons (Fsp3) is 1.00. The van der Waals surface area contributed by atoms with Crippen LogP contribution >= 0.6 is 10.6 Å². The molecule has 0 aromatic carbocycles. The van der Waals surface area contributed by atoms with E-state index in [9.17, 15) is 9.11 Å². The second-order valence-corrected chi connectivity index (χ2v) is 5.15. The fourth-order valence-electron chi connectivity index (χ4n) is 1.26. The largest absolute Gasteiger partial charge is 0.383 e. The highest BCUT2D eigenvalue weighted by Gasteiger charge is 2.30. The molecule has 1 aliphatic rings. The van der Waals surface area contributed by atoms with Crippen molar-refractivity contribution in [3.05, 3.63) is 0 Å². The minimum absolute atomic E-state index is 0.00231. The molecule has 1 atom stereocenters. The van der Waals surface area contributed by atoms with Crippen LogP contribution < -0.4 is 0 Å². The third-order valence-electron chi connectivity index (χ3n) is 1.86. The summed E-state index contributed by atoms with van der Waals surface area (Å²) in [5, 5.41) is -0.00231. The Morgan fingerprint density at radius 2 is 2.30 bits per heavy atom. The summed E-state index contributed by atoms with van der Waals surface area (Å²) in [6, 6.07) is 0. The first-order valence-corrected chi connectivity index (χ1v) is 5.18. The molecule has 0 aromatic heterocycles. The molecule has 0 aromatic rings. The lowest BCUT2D eigenvalue weighted by atomic mass is 10.3. The zero-order valence-corrected chi connectivity index (χ0v) is 6.93. The van der Waals surface area contributed by atoms with Crippen LogP contribution in [0.2, 0.25) is 0 Å². The Morgan fingerprint density at radius 1 is 1.60 bits per heavy atom. The SMILES string of the molecule is COCC1CCCS1(O)O. The summed E-state index contributed by atoms with van der Waals surface area (Å²) in [7, 11) is -0.683. The maximum absolute atomic E-state index is 9.34. The van der Waals surface area contributed by atoms with Gasteiger partial charge in [-0.3, -0.25) is 9.11 Å². The summed E-state index contributed by atoms with van der Waals surface area (Å²) in [6.07, 6.45) is 1.83. The molecule has 0 bridgehead atoms. The lowest BCUT2D eigenvalue weighted by molar-refractivity contribution is 0.194. The Morgan fingerprint density at radius 3 is 2.70 bits per heavy atom. The molecule has 1 aliphatic heterocycles. The molecule has 0 amide bonds. The van der Waals surface area contributed by atoms with Crippen molar-refractivity contribution in [2.45, 2.75) is 18.1 Å². The van der Waals surface area contributed by atoms with E-state index in [1.54, 1.807) is 7.11 Å². The molecule has 0 spiro atoms. The van der Waals surface area contributed by atoms with E-state index < -0.39 is 10.6 Å². The maximum atomic E-state index is 9.34. The molecular formula is C6H14O3S. The van der Waals surface area contributed by atoms with Gasteiger partial charge in [-0.05, 0) is 12.8 Å². The molecule has 10 heavy (non-hydrogen) atoms. The van der Waals surface area contributed by atoms with E-state index >= 15 is 0 Å². The molecule has 0 aliphatic carbocycles. The molecule has 1 rings (SSSR count). The van der Waals surface area contributed by atoms with E-state index in [0.29, 0.717) is 12.4 Å². The van der Waals surface area contributed by atoms with Crippen LogP contribution in [0.5, 0.6) is 0 Å². The van der Waals surface area contributed by atoms with Gasteiger partial charge < -0.3 is 4.74 Å². The molecule has 3 nitrogen and oxygen atoms in total. The monoisotopic (exact) mass is 166 g/mol. The first kappa shape index (κ1) is 8.33. The van der Waals surface area contributed by atoms with Gasteiger partial charge in [-0.2, -0.15) is 10.6 Å². The van der Waals surface area contributed by atoms with Crippen molar-refractivity contribution < 1.29 is 13.8 Å². The summed E-state index contributed by atoms with van der Waals surface area (Å²) < 4.78 is 23.6. The molecule has 62 valence electrons. The molecule has 1 saturated heterocycles. The Balaban J connectivity index is 2.43. The Bertz CT molecular complexity index is 116. The van der Waals surface area contributed by atoms with Crippen LogP contribution in [0.25, 0.3) is 0 Å². The number of rotatable bonds is 2. The quantitative estimate of drug-likeness (QED) is 0.654. The van der Waals surface area contributed by atoms with Gasteiger partial charge in [0.2, 0.25) is 0 Å². The highest BCUT2D eigenvalue weighted by Crippen LogP contribution is 2.52. The van der Waals surface area contributed by atoms with E-state index in [0.717, 1.165) is 12.8 Å². The van der Waals surface area contributed by atoms with Crippen LogP contribution in [0.3, 0.4) is 0 Å². The molecule has 1 heterocycles. The molecule has 4 heteroatoms. The summed E-state index contributed by atoms with van der Waals surface area (Å²) in [5.74, 6) is 0.570. The van der Waals surface area contributed by atoms with Gasteiger partial charge in [0.05, 0.1) is 11.9 Å². The van der Waals surface area contributed by atoms with Crippen molar-refractivity contribution >= 4 is 10.6 Å². The van der Waals surface area contributed by atoms with Gasteiger partial charge in [0.25, 0.3) is 0 Å². The third-order valence-corrected chi connectivity index (χ3v) is 4.19. The smallest absolute Gasteiger partial charge is 0.0719 e. The molecule has 0 saturated carbocycles. The lowest BCUT2D eigenvalue weighted by Gasteiger charge is -2.33. The van der Waals surface area contributed by atoms with Crippen LogP contribution in [0, 0.1) is 0 Å². The van der Waals surface area contributed by atoms with Crippen molar-refractivity contribution in [2.75, 3.05) is 19.5 Å². The molecule has 0 radical (unpaired) electrons. The lowest BCUT2D eigenvalue weighted by Crippen LogP contribution is -2.17. The number of methoxy groups -OCH3 is 1. The van der Waals surface area contributed by atoms with E-state index in [2.05, 4.69) is 0 Å².